The Morgan fingerprint density at radius 1 is 1.50 bits per heavy atom. The lowest BCUT2D eigenvalue weighted by Gasteiger charge is -2.23. The maximum Gasteiger partial charge on any atom is 0.136 e. The highest BCUT2D eigenvalue weighted by molar-refractivity contribution is 7.81. The van der Waals surface area contributed by atoms with Gasteiger partial charge in [0.05, 0.1) is 6.20 Å². The van der Waals surface area contributed by atoms with Gasteiger partial charge >= 0.3 is 0 Å². The molecule has 1 aliphatic heterocycles. The molecule has 0 atom stereocenters. The standard InChI is InChI=1S/C6H9N3S/c10-9-5-1-4-8-6(9)2-3-7-8/h2-3,10H,1,4-5H2. The fourth-order valence-corrected chi connectivity index (χ4v) is 1.51. The third-order valence-corrected chi connectivity index (χ3v) is 2.10. The molecule has 0 fully saturated rings. The number of rotatable bonds is 0. The second-order valence-corrected chi connectivity index (χ2v) is 2.87. The molecule has 0 N–H and O–H groups in total. The van der Waals surface area contributed by atoms with Crippen molar-refractivity contribution < 1.29 is 0 Å². The minimum Gasteiger partial charge on any atom is -0.303 e. The Hall–Kier alpha value is -0.640. The van der Waals surface area contributed by atoms with Gasteiger partial charge in [0.15, 0.2) is 0 Å². The van der Waals surface area contributed by atoms with Crippen LogP contribution in [0, 0.1) is 0 Å². The average Bonchev–Trinajstić information content (AvgIpc) is 2.36. The largest absolute Gasteiger partial charge is 0.303 e. The van der Waals surface area contributed by atoms with Crippen LogP contribution in [0.2, 0.25) is 0 Å². The Bertz CT molecular complexity index is 233. The summed E-state index contributed by atoms with van der Waals surface area (Å²) in [6.45, 7) is 2.05. The molecule has 54 valence electrons. The molecule has 1 aliphatic rings. The van der Waals surface area contributed by atoms with Crippen LogP contribution in [0.4, 0.5) is 5.82 Å². The highest BCUT2D eigenvalue weighted by Gasteiger charge is 2.12. The van der Waals surface area contributed by atoms with E-state index < -0.39 is 0 Å². The van der Waals surface area contributed by atoms with E-state index in [9.17, 15) is 0 Å². The van der Waals surface area contributed by atoms with Gasteiger partial charge < -0.3 is 4.31 Å². The van der Waals surface area contributed by atoms with Crippen molar-refractivity contribution >= 4 is 18.6 Å². The summed E-state index contributed by atoms with van der Waals surface area (Å²) in [4.78, 5) is 0. The molecule has 1 aromatic rings. The molecule has 0 unspecified atom stereocenters. The van der Waals surface area contributed by atoms with Crippen molar-refractivity contribution in [3.8, 4) is 0 Å². The van der Waals surface area contributed by atoms with Gasteiger partial charge in [0.2, 0.25) is 0 Å². The predicted molar refractivity (Wildman–Crippen MR) is 43.2 cm³/mol. The normalized spacial score (nSPS) is 17.1. The minimum atomic E-state index is 1.02. The van der Waals surface area contributed by atoms with Crippen LogP contribution in [-0.2, 0) is 6.54 Å². The van der Waals surface area contributed by atoms with Gasteiger partial charge in [0, 0.05) is 19.2 Å². The Kier molecular flexibility index (Phi) is 1.34. The maximum absolute atomic E-state index is 4.28. The van der Waals surface area contributed by atoms with E-state index in [2.05, 4.69) is 17.9 Å². The second-order valence-electron chi connectivity index (χ2n) is 2.39. The van der Waals surface area contributed by atoms with Crippen LogP contribution in [0.3, 0.4) is 0 Å². The smallest absolute Gasteiger partial charge is 0.136 e. The fraction of sp³-hybridized carbons (Fsp3) is 0.500. The molecule has 3 nitrogen and oxygen atoms in total. The Morgan fingerprint density at radius 3 is 3.20 bits per heavy atom. The van der Waals surface area contributed by atoms with E-state index >= 15 is 0 Å². The first-order chi connectivity index (χ1) is 4.88. The molecule has 1 aromatic heterocycles. The number of aryl methyl sites for hydroxylation is 1. The van der Waals surface area contributed by atoms with Crippen molar-refractivity contribution in [2.75, 3.05) is 10.8 Å². The van der Waals surface area contributed by atoms with E-state index in [-0.39, 0.29) is 0 Å². The quantitative estimate of drug-likeness (QED) is 0.563. The monoisotopic (exact) mass is 155 g/mol. The highest BCUT2D eigenvalue weighted by Crippen LogP contribution is 2.20. The molecular weight excluding hydrogens is 146 g/mol. The highest BCUT2D eigenvalue weighted by atomic mass is 32.1. The zero-order valence-corrected chi connectivity index (χ0v) is 6.46. The molecule has 0 radical (unpaired) electrons. The molecule has 0 amide bonds. The van der Waals surface area contributed by atoms with Crippen molar-refractivity contribution in [1.29, 1.82) is 0 Å². The lowest BCUT2D eigenvalue weighted by molar-refractivity contribution is 0.553. The Labute approximate surface area is 65.2 Å². The van der Waals surface area contributed by atoms with Crippen LogP contribution in [0.15, 0.2) is 12.3 Å². The summed E-state index contributed by atoms with van der Waals surface area (Å²) in [5.74, 6) is 1.11. The van der Waals surface area contributed by atoms with Gasteiger partial charge in [-0.25, -0.2) is 4.68 Å². The number of fused-ring (bicyclic) bond motifs is 1. The summed E-state index contributed by atoms with van der Waals surface area (Å²) in [7, 11) is 0. The summed E-state index contributed by atoms with van der Waals surface area (Å²) in [5.41, 5.74) is 0. The molecule has 10 heavy (non-hydrogen) atoms. The number of anilines is 1. The van der Waals surface area contributed by atoms with Gasteiger partial charge in [-0.1, -0.05) is 12.8 Å². The van der Waals surface area contributed by atoms with Crippen LogP contribution in [0.1, 0.15) is 6.42 Å². The fourth-order valence-electron chi connectivity index (χ4n) is 1.20. The number of nitrogens with zero attached hydrogens (tertiary/aromatic N) is 3. The van der Waals surface area contributed by atoms with E-state index in [1.165, 1.54) is 0 Å². The summed E-state index contributed by atoms with van der Waals surface area (Å²) in [6, 6.07) is 1.98. The molecule has 4 heteroatoms. The SMILES string of the molecule is SN1CCCn2nccc21. The van der Waals surface area contributed by atoms with Crippen molar-refractivity contribution in [3.05, 3.63) is 12.3 Å². The number of hydrogen-bond acceptors (Lipinski definition) is 3. The van der Waals surface area contributed by atoms with Gasteiger partial charge in [0.1, 0.15) is 5.82 Å². The van der Waals surface area contributed by atoms with Gasteiger partial charge in [-0.3, -0.25) is 0 Å². The molecule has 0 bridgehead atoms. The minimum absolute atomic E-state index is 1.02. The third kappa shape index (κ3) is 0.794. The lowest BCUT2D eigenvalue weighted by Crippen LogP contribution is -2.23. The van der Waals surface area contributed by atoms with E-state index in [4.69, 9.17) is 0 Å². The molecular formula is C6H9N3S. The van der Waals surface area contributed by atoms with Gasteiger partial charge in [-0.05, 0) is 6.42 Å². The van der Waals surface area contributed by atoms with Gasteiger partial charge in [0.25, 0.3) is 0 Å². The van der Waals surface area contributed by atoms with Crippen LogP contribution in [0.25, 0.3) is 0 Å². The molecule has 2 heterocycles. The average molecular weight is 155 g/mol. The van der Waals surface area contributed by atoms with Crippen molar-refractivity contribution in [3.63, 3.8) is 0 Å². The van der Waals surface area contributed by atoms with E-state index in [1.54, 1.807) is 0 Å². The summed E-state index contributed by atoms with van der Waals surface area (Å²) >= 11 is 4.28. The molecule has 0 spiro atoms. The summed E-state index contributed by atoms with van der Waals surface area (Å²) in [5, 5.41) is 4.13. The van der Waals surface area contributed by atoms with Crippen LogP contribution in [0.5, 0.6) is 0 Å². The summed E-state index contributed by atoms with van der Waals surface area (Å²) in [6.07, 6.45) is 2.95. The lowest BCUT2D eigenvalue weighted by atomic mass is 10.3. The van der Waals surface area contributed by atoms with Crippen molar-refractivity contribution in [2.24, 2.45) is 0 Å². The zero-order chi connectivity index (χ0) is 6.97. The van der Waals surface area contributed by atoms with E-state index in [0.717, 1.165) is 25.3 Å². The molecule has 0 saturated heterocycles. The van der Waals surface area contributed by atoms with Crippen LogP contribution in [-0.4, -0.2) is 16.3 Å². The van der Waals surface area contributed by atoms with Crippen molar-refractivity contribution in [1.82, 2.24) is 9.78 Å². The first-order valence-electron chi connectivity index (χ1n) is 3.36. The molecule has 0 aromatic carbocycles. The summed E-state index contributed by atoms with van der Waals surface area (Å²) < 4.78 is 3.90. The van der Waals surface area contributed by atoms with Crippen LogP contribution >= 0.6 is 12.8 Å². The predicted octanol–water partition coefficient (Wildman–Crippen LogP) is 0.938. The first-order valence-corrected chi connectivity index (χ1v) is 3.76. The maximum atomic E-state index is 4.28. The number of hydrogen-bond donors (Lipinski definition) is 1. The zero-order valence-electron chi connectivity index (χ0n) is 5.56. The molecule has 0 aliphatic carbocycles. The van der Waals surface area contributed by atoms with Gasteiger partial charge in [-0.15, -0.1) is 0 Å². The Morgan fingerprint density at radius 2 is 2.40 bits per heavy atom. The Balaban J connectivity index is 2.41. The van der Waals surface area contributed by atoms with Crippen LogP contribution < -0.4 is 4.31 Å². The first kappa shape index (κ1) is 6.09. The number of thiol groups is 1. The topological polar surface area (TPSA) is 21.1 Å². The molecule has 2 rings (SSSR count). The third-order valence-electron chi connectivity index (χ3n) is 1.70. The van der Waals surface area contributed by atoms with E-state index in [1.807, 2.05) is 21.3 Å². The van der Waals surface area contributed by atoms with Crippen molar-refractivity contribution in [2.45, 2.75) is 13.0 Å². The molecule has 0 saturated carbocycles. The van der Waals surface area contributed by atoms with Gasteiger partial charge in [-0.2, -0.15) is 5.10 Å². The second kappa shape index (κ2) is 2.20. The number of aromatic nitrogens is 2. The van der Waals surface area contributed by atoms with E-state index in [0.29, 0.717) is 0 Å².